The van der Waals surface area contributed by atoms with Crippen LogP contribution in [0.2, 0.25) is 0 Å². The summed E-state index contributed by atoms with van der Waals surface area (Å²) in [4.78, 5) is 26.6. The van der Waals surface area contributed by atoms with Gasteiger partial charge in [0, 0.05) is 19.2 Å². The first-order valence-corrected chi connectivity index (χ1v) is 8.78. The molecule has 132 valence electrons. The van der Waals surface area contributed by atoms with Gasteiger partial charge in [0.05, 0.1) is 12.5 Å². The minimum absolute atomic E-state index is 0.0140. The molecule has 0 aromatic heterocycles. The number of amides is 2. The summed E-state index contributed by atoms with van der Waals surface area (Å²) in [7, 11) is 1.84. The van der Waals surface area contributed by atoms with Crippen molar-refractivity contribution >= 4 is 11.8 Å². The van der Waals surface area contributed by atoms with E-state index in [1.807, 2.05) is 25.2 Å². The molecule has 1 fully saturated rings. The molecule has 6 nitrogen and oxygen atoms in total. The van der Waals surface area contributed by atoms with Crippen LogP contribution in [0.25, 0.3) is 0 Å². The second-order valence-electron chi connectivity index (χ2n) is 6.82. The van der Waals surface area contributed by atoms with Gasteiger partial charge in [0.15, 0.2) is 11.5 Å². The topological polar surface area (TPSA) is 67.9 Å². The monoisotopic (exact) mass is 342 g/mol. The van der Waals surface area contributed by atoms with E-state index >= 15 is 0 Å². The van der Waals surface area contributed by atoms with Crippen LogP contribution in [0.4, 0.5) is 0 Å². The fraction of sp³-hybridized carbons (Fsp3) is 0.474. The van der Waals surface area contributed by atoms with Crippen molar-refractivity contribution in [2.45, 2.75) is 44.7 Å². The molecule has 1 unspecified atom stereocenters. The first-order valence-electron chi connectivity index (χ1n) is 8.78. The van der Waals surface area contributed by atoms with E-state index in [4.69, 9.17) is 9.47 Å². The normalized spacial score (nSPS) is 21.6. The van der Waals surface area contributed by atoms with Crippen LogP contribution in [0, 0.1) is 0 Å². The highest BCUT2D eigenvalue weighted by molar-refractivity contribution is 6.02. The van der Waals surface area contributed by atoms with Crippen molar-refractivity contribution in [2.75, 3.05) is 13.8 Å². The van der Waals surface area contributed by atoms with Crippen molar-refractivity contribution in [3.63, 3.8) is 0 Å². The fourth-order valence-electron chi connectivity index (χ4n) is 3.93. The van der Waals surface area contributed by atoms with Gasteiger partial charge in [-0.05, 0) is 42.5 Å². The summed E-state index contributed by atoms with van der Waals surface area (Å²) in [6.07, 6.45) is 4.37. The number of fused-ring (bicyclic) bond motifs is 2. The molecule has 1 aliphatic carbocycles. The van der Waals surface area contributed by atoms with Gasteiger partial charge in [-0.1, -0.05) is 12.5 Å². The van der Waals surface area contributed by atoms with Crippen molar-refractivity contribution in [1.82, 2.24) is 10.2 Å². The molecule has 0 radical (unpaired) electrons. The Morgan fingerprint density at radius 1 is 1.28 bits per heavy atom. The van der Waals surface area contributed by atoms with E-state index in [9.17, 15) is 9.59 Å². The molecule has 25 heavy (non-hydrogen) atoms. The fourth-order valence-corrected chi connectivity index (χ4v) is 3.93. The van der Waals surface area contributed by atoms with E-state index in [0.29, 0.717) is 17.9 Å². The summed E-state index contributed by atoms with van der Waals surface area (Å²) in [5, 5.41) is 2.91. The second-order valence-corrected chi connectivity index (χ2v) is 6.82. The number of nitrogens with one attached hydrogen (secondary N) is 1. The van der Waals surface area contributed by atoms with Crippen LogP contribution in [0.3, 0.4) is 0 Å². The predicted octanol–water partition coefficient (Wildman–Crippen LogP) is 2.13. The minimum atomic E-state index is -0.117. The number of hydrogen-bond acceptors (Lipinski definition) is 4. The van der Waals surface area contributed by atoms with Crippen LogP contribution in [-0.4, -0.2) is 36.6 Å². The third-order valence-electron chi connectivity index (χ3n) is 5.27. The van der Waals surface area contributed by atoms with Crippen molar-refractivity contribution in [3.05, 3.63) is 34.9 Å². The highest BCUT2D eigenvalue weighted by Gasteiger charge is 2.38. The number of ether oxygens (including phenoxy) is 2. The molecule has 2 heterocycles. The maximum absolute atomic E-state index is 12.5. The minimum Gasteiger partial charge on any atom is -0.454 e. The smallest absolute Gasteiger partial charge is 0.250 e. The Morgan fingerprint density at radius 2 is 2.12 bits per heavy atom. The highest BCUT2D eigenvalue weighted by Crippen LogP contribution is 2.37. The third kappa shape index (κ3) is 2.97. The van der Waals surface area contributed by atoms with Gasteiger partial charge >= 0.3 is 0 Å². The molecule has 1 aromatic rings. The predicted molar refractivity (Wildman–Crippen MR) is 91.1 cm³/mol. The van der Waals surface area contributed by atoms with Gasteiger partial charge < -0.3 is 19.7 Å². The molecule has 0 bridgehead atoms. The van der Waals surface area contributed by atoms with Gasteiger partial charge in [-0.2, -0.15) is 0 Å². The van der Waals surface area contributed by atoms with Gasteiger partial charge in [0.2, 0.25) is 12.7 Å². The molecule has 6 heteroatoms. The Labute approximate surface area is 146 Å². The van der Waals surface area contributed by atoms with E-state index in [-0.39, 0.29) is 31.1 Å². The molecule has 2 aliphatic heterocycles. The van der Waals surface area contributed by atoms with Crippen LogP contribution >= 0.6 is 0 Å². The zero-order chi connectivity index (χ0) is 17.4. The van der Waals surface area contributed by atoms with Crippen molar-refractivity contribution in [1.29, 1.82) is 0 Å². The third-order valence-corrected chi connectivity index (χ3v) is 5.27. The van der Waals surface area contributed by atoms with Gasteiger partial charge in [-0.25, -0.2) is 0 Å². The summed E-state index contributed by atoms with van der Waals surface area (Å²) in [6, 6.07) is 5.83. The van der Waals surface area contributed by atoms with Crippen LogP contribution in [0.5, 0.6) is 11.5 Å². The lowest BCUT2D eigenvalue weighted by Crippen LogP contribution is -2.33. The molecule has 1 N–H and O–H groups in total. The SMILES string of the molecule is CN1C(=O)C(CC(=O)NCc2ccc3c(c2)OCO3)=C2CCCCC21. The summed E-state index contributed by atoms with van der Waals surface area (Å²) < 4.78 is 10.6. The standard InChI is InChI=1S/C19H22N2O4/c1-21-15-5-3-2-4-13(15)14(19(21)23)9-18(22)20-10-12-6-7-16-17(8-12)25-11-24-16/h6-8,15H,2-5,9-11H2,1H3,(H,20,22). The largest absolute Gasteiger partial charge is 0.454 e. The first kappa shape index (κ1) is 16.0. The van der Waals surface area contributed by atoms with Gasteiger partial charge in [0.25, 0.3) is 5.91 Å². The van der Waals surface area contributed by atoms with Gasteiger partial charge in [0.1, 0.15) is 0 Å². The maximum atomic E-state index is 12.5. The number of rotatable bonds is 4. The Balaban J connectivity index is 1.39. The van der Waals surface area contributed by atoms with E-state index in [1.54, 1.807) is 4.90 Å². The summed E-state index contributed by atoms with van der Waals surface area (Å²) in [5.74, 6) is 1.33. The zero-order valence-corrected chi connectivity index (χ0v) is 14.3. The summed E-state index contributed by atoms with van der Waals surface area (Å²) in [6.45, 7) is 0.643. The Hall–Kier alpha value is -2.50. The quantitative estimate of drug-likeness (QED) is 0.910. The number of nitrogens with zero attached hydrogens (tertiary/aromatic N) is 1. The second kappa shape index (κ2) is 6.43. The molecule has 0 spiro atoms. The van der Waals surface area contributed by atoms with Crippen molar-refractivity contribution in [3.8, 4) is 11.5 Å². The summed E-state index contributed by atoms with van der Waals surface area (Å²) >= 11 is 0. The van der Waals surface area contributed by atoms with Gasteiger partial charge in [-0.3, -0.25) is 9.59 Å². The van der Waals surface area contributed by atoms with Crippen LogP contribution < -0.4 is 14.8 Å². The molecule has 3 aliphatic rings. The number of carbonyl (C=O) groups excluding carboxylic acids is 2. The highest BCUT2D eigenvalue weighted by atomic mass is 16.7. The van der Waals surface area contributed by atoms with Crippen LogP contribution in [0.1, 0.15) is 37.7 Å². The average molecular weight is 342 g/mol. The zero-order valence-electron chi connectivity index (χ0n) is 14.3. The maximum Gasteiger partial charge on any atom is 0.250 e. The molecule has 4 rings (SSSR count). The molecule has 0 saturated heterocycles. The number of carbonyl (C=O) groups is 2. The number of hydrogen-bond donors (Lipinski definition) is 1. The molecule has 1 atom stereocenters. The molecule has 1 saturated carbocycles. The van der Waals surface area contributed by atoms with Crippen LogP contribution in [-0.2, 0) is 16.1 Å². The molecular weight excluding hydrogens is 320 g/mol. The lowest BCUT2D eigenvalue weighted by molar-refractivity contribution is -0.128. The number of likely N-dealkylation sites (N-methyl/N-ethyl adjacent to an activating group) is 1. The Kier molecular flexibility index (Phi) is 4.11. The van der Waals surface area contributed by atoms with E-state index in [1.165, 1.54) is 5.57 Å². The van der Waals surface area contributed by atoms with Gasteiger partial charge in [-0.15, -0.1) is 0 Å². The summed E-state index contributed by atoms with van der Waals surface area (Å²) in [5.41, 5.74) is 2.83. The average Bonchev–Trinajstić information content (AvgIpc) is 3.19. The molecule has 1 aromatic carbocycles. The van der Waals surface area contributed by atoms with Crippen LogP contribution in [0.15, 0.2) is 29.3 Å². The lowest BCUT2D eigenvalue weighted by atomic mass is 9.88. The van der Waals surface area contributed by atoms with E-state index in [2.05, 4.69) is 5.32 Å². The van der Waals surface area contributed by atoms with E-state index in [0.717, 1.165) is 37.0 Å². The first-order chi connectivity index (χ1) is 12.1. The lowest BCUT2D eigenvalue weighted by Gasteiger charge is -2.26. The molecular formula is C19H22N2O4. The van der Waals surface area contributed by atoms with Crippen molar-refractivity contribution in [2.24, 2.45) is 0 Å². The number of benzene rings is 1. The van der Waals surface area contributed by atoms with Crippen molar-refractivity contribution < 1.29 is 19.1 Å². The Bertz CT molecular complexity index is 756. The Morgan fingerprint density at radius 3 is 3.00 bits per heavy atom. The van der Waals surface area contributed by atoms with E-state index < -0.39 is 0 Å². The molecule has 2 amide bonds.